The number of allylic oxidation sites excluding steroid dienone is 2. The van der Waals surface area contributed by atoms with E-state index in [9.17, 15) is 0 Å². The van der Waals surface area contributed by atoms with E-state index in [-0.39, 0.29) is 0 Å². The van der Waals surface area contributed by atoms with E-state index >= 15 is 0 Å². The highest BCUT2D eigenvalue weighted by molar-refractivity contribution is 5.98. The summed E-state index contributed by atoms with van der Waals surface area (Å²) in [6.07, 6.45) is 5.91. The van der Waals surface area contributed by atoms with Gasteiger partial charge in [0, 0.05) is 34.9 Å². The Morgan fingerprint density at radius 1 is 0.500 bits per heavy atom. The highest BCUT2D eigenvalue weighted by Crippen LogP contribution is 2.41. The third-order valence-corrected chi connectivity index (χ3v) is 7.36. The predicted molar refractivity (Wildman–Crippen MR) is 148 cm³/mol. The smallest absolute Gasteiger partial charge is 0.0697 e. The first-order valence-corrected chi connectivity index (χ1v) is 12.3. The van der Waals surface area contributed by atoms with E-state index in [0.29, 0.717) is 0 Å². The number of hydrogen-bond acceptors (Lipinski definition) is 2. The second-order valence-electron chi connectivity index (χ2n) is 9.77. The Hall–Kier alpha value is -4.70. The maximum atomic E-state index is 5.15. The second-order valence-corrected chi connectivity index (χ2v) is 9.77. The van der Waals surface area contributed by atoms with Crippen LogP contribution in [0.15, 0.2) is 84.9 Å². The molecule has 0 saturated heterocycles. The van der Waals surface area contributed by atoms with Gasteiger partial charge in [0.2, 0.25) is 0 Å². The molecule has 5 heterocycles. The van der Waals surface area contributed by atoms with Crippen molar-refractivity contribution in [3.63, 3.8) is 0 Å². The molecule has 4 nitrogen and oxygen atoms in total. The van der Waals surface area contributed by atoms with Gasteiger partial charge >= 0.3 is 0 Å². The fourth-order valence-electron chi connectivity index (χ4n) is 5.62. The van der Waals surface area contributed by atoms with E-state index in [1.807, 2.05) is 0 Å². The van der Waals surface area contributed by atoms with Crippen molar-refractivity contribution in [2.45, 2.75) is 12.8 Å². The molecule has 0 fully saturated rings. The van der Waals surface area contributed by atoms with Crippen molar-refractivity contribution in [1.29, 1.82) is 0 Å². The fourth-order valence-corrected chi connectivity index (χ4v) is 5.62. The van der Waals surface area contributed by atoms with Gasteiger partial charge in [0.15, 0.2) is 0 Å². The molecule has 0 spiro atoms. The molecule has 0 saturated carbocycles. The summed E-state index contributed by atoms with van der Waals surface area (Å²) < 4.78 is 0. The lowest BCUT2D eigenvalue weighted by atomic mass is 9.83. The van der Waals surface area contributed by atoms with Crippen molar-refractivity contribution in [2.24, 2.45) is 0 Å². The molecule has 3 aliphatic rings. The largest absolute Gasteiger partial charge is 0.355 e. The minimum absolute atomic E-state index is 0.885. The van der Waals surface area contributed by atoms with Gasteiger partial charge in [-0.25, -0.2) is 9.97 Å². The molecule has 36 heavy (non-hydrogen) atoms. The number of fused-ring (bicyclic) bond motifs is 12. The molecule has 1 aliphatic carbocycles. The molecule has 2 aromatic carbocycles. The molecule has 0 atom stereocenters. The number of benzene rings is 2. The number of aromatic amines is 2. The summed E-state index contributed by atoms with van der Waals surface area (Å²) in [7, 11) is 0. The lowest BCUT2D eigenvalue weighted by Crippen LogP contribution is -2.05. The third-order valence-electron chi connectivity index (χ3n) is 7.36. The molecule has 5 aromatic rings. The topological polar surface area (TPSA) is 57.4 Å². The second kappa shape index (κ2) is 7.40. The molecule has 170 valence electrons. The Labute approximate surface area is 207 Å². The van der Waals surface area contributed by atoms with Crippen LogP contribution in [0.1, 0.15) is 33.9 Å². The molecular weight excluding hydrogens is 440 g/mol. The van der Waals surface area contributed by atoms with Crippen LogP contribution in [0.4, 0.5) is 0 Å². The average Bonchev–Trinajstić information content (AvgIpc) is 3.67. The zero-order valence-electron chi connectivity index (χ0n) is 19.5. The Balaban J connectivity index is 1.38. The number of H-pyrrole nitrogens is 2. The van der Waals surface area contributed by atoms with Crippen molar-refractivity contribution < 1.29 is 0 Å². The predicted octanol–water partition coefficient (Wildman–Crippen LogP) is 7.35. The van der Waals surface area contributed by atoms with E-state index in [1.54, 1.807) is 0 Å². The lowest BCUT2D eigenvalue weighted by molar-refractivity contribution is 1.14. The summed E-state index contributed by atoms with van der Waals surface area (Å²) in [5.41, 5.74) is 13.5. The standard InChI is InChI=1S/C32H22N4/c1-2-4-20-12-22-14-30-29(13-21(22)11-19(20)3-1)31-17-27-9-7-25(34-27)15-23-5-6-24(33-23)16-26-8-10-28(35-26)18-32(30)36-31/h1-12,15-18,33-34H,13-14H2. The lowest BCUT2D eigenvalue weighted by Gasteiger charge is -2.19. The number of hydrogen-bond donors (Lipinski definition) is 2. The minimum Gasteiger partial charge on any atom is -0.355 e. The van der Waals surface area contributed by atoms with Gasteiger partial charge in [-0.2, -0.15) is 0 Å². The van der Waals surface area contributed by atoms with Gasteiger partial charge in [0.25, 0.3) is 0 Å². The third kappa shape index (κ3) is 3.23. The van der Waals surface area contributed by atoms with Gasteiger partial charge in [0.1, 0.15) is 0 Å². The molecule has 0 amide bonds. The Bertz CT molecular complexity index is 1950. The first kappa shape index (κ1) is 19.6. The summed E-state index contributed by atoms with van der Waals surface area (Å²) in [5.74, 6) is 0. The molecule has 8 rings (SSSR count). The Morgan fingerprint density at radius 3 is 1.67 bits per heavy atom. The molecule has 4 heteroatoms. The normalized spacial score (nSPS) is 14.2. The van der Waals surface area contributed by atoms with Crippen LogP contribution in [0.5, 0.6) is 0 Å². The summed E-state index contributed by atoms with van der Waals surface area (Å²) in [5, 5.41) is 2.59. The van der Waals surface area contributed by atoms with E-state index in [2.05, 4.69) is 107 Å². The van der Waals surface area contributed by atoms with Crippen LogP contribution < -0.4 is 0 Å². The van der Waals surface area contributed by atoms with Crippen LogP contribution in [0.2, 0.25) is 0 Å². The number of nitrogens with zero attached hydrogens (tertiary/aromatic N) is 2. The van der Waals surface area contributed by atoms with Crippen molar-refractivity contribution in [2.75, 3.05) is 0 Å². The first-order valence-electron chi connectivity index (χ1n) is 12.3. The quantitative estimate of drug-likeness (QED) is 0.248. The number of aromatic nitrogens is 4. The van der Waals surface area contributed by atoms with Gasteiger partial charge in [-0.05, 0) is 93.7 Å². The zero-order chi connectivity index (χ0) is 23.6. The van der Waals surface area contributed by atoms with Gasteiger partial charge in [-0.15, -0.1) is 0 Å². The first-order chi connectivity index (χ1) is 17.7. The summed E-state index contributed by atoms with van der Waals surface area (Å²) in [6, 6.07) is 30.3. The van der Waals surface area contributed by atoms with E-state index < -0.39 is 0 Å². The van der Waals surface area contributed by atoms with Crippen LogP contribution in [0, 0.1) is 0 Å². The van der Waals surface area contributed by atoms with E-state index in [0.717, 1.165) is 57.7 Å². The van der Waals surface area contributed by atoms with Crippen LogP contribution >= 0.6 is 0 Å². The van der Waals surface area contributed by atoms with E-state index in [4.69, 9.17) is 9.97 Å². The van der Waals surface area contributed by atoms with Gasteiger partial charge < -0.3 is 9.97 Å². The fraction of sp³-hybridized carbons (Fsp3) is 0.0625. The molecular formula is C32H22N4. The average molecular weight is 463 g/mol. The molecule has 2 N–H and O–H groups in total. The highest BCUT2D eigenvalue weighted by atomic mass is 14.8. The Morgan fingerprint density at radius 2 is 1.03 bits per heavy atom. The van der Waals surface area contributed by atoms with Gasteiger partial charge in [-0.1, -0.05) is 36.4 Å². The summed E-state index contributed by atoms with van der Waals surface area (Å²) >= 11 is 0. The van der Waals surface area contributed by atoms with Crippen molar-refractivity contribution in [3.05, 3.63) is 119 Å². The number of rotatable bonds is 0. The van der Waals surface area contributed by atoms with Crippen LogP contribution in [0.3, 0.4) is 0 Å². The zero-order valence-corrected chi connectivity index (χ0v) is 19.5. The molecule has 8 bridgehead atoms. The molecule has 3 aromatic heterocycles. The summed E-state index contributed by atoms with van der Waals surface area (Å²) in [4.78, 5) is 17.0. The van der Waals surface area contributed by atoms with Crippen LogP contribution in [-0.2, 0) is 12.8 Å². The van der Waals surface area contributed by atoms with Gasteiger partial charge in [0.05, 0.1) is 22.8 Å². The summed E-state index contributed by atoms with van der Waals surface area (Å²) in [6.45, 7) is 0. The Kier molecular flexibility index (Phi) is 4.03. The van der Waals surface area contributed by atoms with Crippen molar-refractivity contribution in [1.82, 2.24) is 19.9 Å². The van der Waals surface area contributed by atoms with Crippen LogP contribution in [0.25, 0.3) is 56.1 Å². The minimum atomic E-state index is 0.885. The SMILES string of the molecule is C1=Cc2cc3ccc(cc4ccc(cc5nc(cc1n2)C1=C5Cc2cc5ccccc5cc2C1)[nH]4)[nH]3. The maximum absolute atomic E-state index is 5.15. The maximum Gasteiger partial charge on any atom is 0.0697 e. The van der Waals surface area contributed by atoms with Crippen molar-refractivity contribution >= 4 is 56.1 Å². The monoisotopic (exact) mass is 462 g/mol. The number of nitrogens with one attached hydrogen (secondary N) is 2. The van der Waals surface area contributed by atoms with Crippen molar-refractivity contribution in [3.8, 4) is 0 Å². The molecule has 0 radical (unpaired) electrons. The molecule has 2 aliphatic heterocycles. The van der Waals surface area contributed by atoms with Gasteiger partial charge in [-0.3, -0.25) is 0 Å². The van der Waals surface area contributed by atoms with E-state index in [1.165, 1.54) is 33.0 Å². The molecule has 0 unspecified atom stereocenters. The van der Waals surface area contributed by atoms with Crippen LogP contribution in [-0.4, -0.2) is 19.9 Å². The highest BCUT2D eigenvalue weighted by Gasteiger charge is 2.26.